The molecular weight excluding hydrogens is 402 g/mol. The summed E-state index contributed by atoms with van der Waals surface area (Å²) in [6.45, 7) is 7.68. The van der Waals surface area contributed by atoms with Gasteiger partial charge < -0.3 is 14.9 Å². The molecule has 170 valence electrons. The zero-order chi connectivity index (χ0) is 23.0. The van der Waals surface area contributed by atoms with Gasteiger partial charge in [0.1, 0.15) is 5.54 Å². The molecule has 2 fully saturated rings. The van der Waals surface area contributed by atoms with E-state index < -0.39 is 17.3 Å². The minimum Gasteiger partial charge on any atom is -0.465 e. The number of nitrogens with one attached hydrogen (secondary N) is 1. The van der Waals surface area contributed by atoms with Crippen molar-refractivity contribution in [3.8, 4) is 0 Å². The minimum absolute atomic E-state index is 0.0986. The third-order valence-corrected chi connectivity index (χ3v) is 7.21. The van der Waals surface area contributed by atoms with Gasteiger partial charge in [0.25, 0.3) is 0 Å². The molecule has 2 heterocycles. The molecule has 1 spiro atoms. The second-order valence-corrected chi connectivity index (χ2v) is 10.1. The smallest absolute Gasteiger partial charge is 0.407 e. The molecule has 2 aromatic carbocycles. The number of hydrogen-bond acceptors (Lipinski definition) is 3. The van der Waals surface area contributed by atoms with Gasteiger partial charge in [0.05, 0.1) is 5.66 Å². The largest absolute Gasteiger partial charge is 0.465 e. The van der Waals surface area contributed by atoms with Gasteiger partial charge in [-0.1, -0.05) is 81.4 Å². The van der Waals surface area contributed by atoms with Crippen molar-refractivity contribution in [3.63, 3.8) is 0 Å². The number of piperidine rings is 1. The predicted octanol–water partition coefficient (Wildman–Crippen LogP) is 4.12. The predicted molar refractivity (Wildman–Crippen MR) is 124 cm³/mol. The Morgan fingerprint density at radius 3 is 2.00 bits per heavy atom. The third kappa shape index (κ3) is 3.88. The molecule has 0 saturated carbocycles. The van der Waals surface area contributed by atoms with Crippen molar-refractivity contribution >= 4 is 12.0 Å². The molecule has 2 aliphatic rings. The van der Waals surface area contributed by atoms with Crippen molar-refractivity contribution in [2.75, 3.05) is 13.1 Å². The van der Waals surface area contributed by atoms with Crippen LogP contribution in [0, 0.1) is 5.41 Å². The van der Waals surface area contributed by atoms with Gasteiger partial charge in [-0.25, -0.2) is 4.79 Å². The lowest BCUT2D eigenvalue weighted by atomic mass is 9.69. The Bertz CT molecular complexity index is 963. The molecule has 0 bridgehead atoms. The Balaban J connectivity index is 1.75. The van der Waals surface area contributed by atoms with Gasteiger partial charge in [0, 0.05) is 38.9 Å². The molecule has 2 aliphatic heterocycles. The van der Waals surface area contributed by atoms with Crippen molar-refractivity contribution in [2.45, 2.75) is 57.8 Å². The molecule has 0 aromatic heterocycles. The topological polar surface area (TPSA) is 72.9 Å². The summed E-state index contributed by atoms with van der Waals surface area (Å²) in [5.74, 6) is 0.0986. The number of rotatable bonds is 4. The quantitative estimate of drug-likeness (QED) is 0.758. The van der Waals surface area contributed by atoms with Crippen molar-refractivity contribution in [2.24, 2.45) is 5.41 Å². The lowest BCUT2D eigenvalue weighted by Crippen LogP contribution is -2.63. The van der Waals surface area contributed by atoms with Crippen molar-refractivity contribution in [3.05, 3.63) is 71.8 Å². The summed E-state index contributed by atoms with van der Waals surface area (Å²) in [6, 6.07) is 20.2. The van der Waals surface area contributed by atoms with Gasteiger partial charge in [-0.3, -0.25) is 10.1 Å². The number of likely N-dealkylation sites (tertiary alicyclic amines) is 1. The summed E-state index contributed by atoms with van der Waals surface area (Å²) < 4.78 is 0. The van der Waals surface area contributed by atoms with Gasteiger partial charge >= 0.3 is 6.09 Å². The summed E-state index contributed by atoms with van der Waals surface area (Å²) in [4.78, 5) is 29.3. The maximum atomic E-state index is 14.3. The highest BCUT2D eigenvalue weighted by molar-refractivity contribution is 5.91. The highest BCUT2D eigenvalue weighted by Gasteiger charge is 2.63. The molecule has 1 atom stereocenters. The van der Waals surface area contributed by atoms with Crippen LogP contribution in [0.4, 0.5) is 4.79 Å². The van der Waals surface area contributed by atoms with E-state index in [0.29, 0.717) is 38.9 Å². The standard InChI is InChI=1S/C26H33N3O3/c1-24(2,3)26(18-20-10-6-4-7-11-20)22(30)29(19-21-12-8-5-9-13-21)25(27-26)14-16-28(17-15-25)23(31)32/h4-13,27H,14-19H2,1-3H3,(H,31,32)/t26-/m1/s1. The molecule has 32 heavy (non-hydrogen) atoms. The van der Waals surface area contributed by atoms with Crippen LogP contribution in [0.15, 0.2) is 60.7 Å². The zero-order valence-electron chi connectivity index (χ0n) is 19.2. The van der Waals surface area contributed by atoms with Crippen LogP contribution in [0.3, 0.4) is 0 Å². The van der Waals surface area contributed by atoms with Gasteiger partial charge in [-0.05, 0) is 16.5 Å². The fraction of sp³-hybridized carbons (Fsp3) is 0.462. The van der Waals surface area contributed by atoms with Crippen LogP contribution in [0.25, 0.3) is 0 Å². The molecule has 6 heteroatoms. The summed E-state index contributed by atoms with van der Waals surface area (Å²) in [5.41, 5.74) is 0.493. The Labute approximate surface area is 190 Å². The Morgan fingerprint density at radius 2 is 1.50 bits per heavy atom. The molecule has 0 unspecified atom stereocenters. The summed E-state index contributed by atoms with van der Waals surface area (Å²) >= 11 is 0. The molecule has 2 aromatic rings. The lowest BCUT2D eigenvalue weighted by molar-refractivity contribution is -0.139. The first-order valence-corrected chi connectivity index (χ1v) is 11.3. The second-order valence-electron chi connectivity index (χ2n) is 10.1. The molecule has 0 radical (unpaired) electrons. The van der Waals surface area contributed by atoms with E-state index in [0.717, 1.165) is 11.1 Å². The normalized spacial score (nSPS) is 23.0. The molecule has 6 nitrogen and oxygen atoms in total. The average molecular weight is 436 g/mol. The number of carbonyl (C=O) groups excluding carboxylic acids is 1. The summed E-state index contributed by atoms with van der Waals surface area (Å²) in [7, 11) is 0. The third-order valence-electron chi connectivity index (χ3n) is 7.21. The van der Waals surface area contributed by atoms with Crippen LogP contribution in [0.2, 0.25) is 0 Å². The van der Waals surface area contributed by atoms with E-state index in [-0.39, 0.29) is 11.3 Å². The first-order chi connectivity index (χ1) is 15.2. The molecule has 0 aliphatic carbocycles. The van der Waals surface area contributed by atoms with Crippen LogP contribution in [-0.2, 0) is 17.8 Å². The van der Waals surface area contributed by atoms with E-state index in [2.05, 4.69) is 38.2 Å². The fourth-order valence-corrected chi connectivity index (χ4v) is 5.19. The number of hydrogen-bond donors (Lipinski definition) is 2. The second kappa shape index (κ2) is 8.24. The Hall–Kier alpha value is -2.86. The van der Waals surface area contributed by atoms with Crippen LogP contribution in [-0.4, -0.2) is 51.2 Å². The highest BCUT2D eigenvalue weighted by atomic mass is 16.4. The van der Waals surface area contributed by atoms with Gasteiger partial charge in [0.15, 0.2) is 0 Å². The maximum Gasteiger partial charge on any atom is 0.407 e. The summed E-state index contributed by atoms with van der Waals surface area (Å²) in [5, 5.41) is 13.3. The van der Waals surface area contributed by atoms with E-state index in [1.807, 2.05) is 53.4 Å². The van der Waals surface area contributed by atoms with Crippen LogP contribution in [0.1, 0.15) is 44.7 Å². The van der Waals surface area contributed by atoms with Crippen molar-refractivity contribution in [1.29, 1.82) is 0 Å². The van der Waals surface area contributed by atoms with Crippen molar-refractivity contribution in [1.82, 2.24) is 15.1 Å². The van der Waals surface area contributed by atoms with Gasteiger partial charge in [-0.2, -0.15) is 0 Å². The van der Waals surface area contributed by atoms with Crippen LogP contribution >= 0.6 is 0 Å². The van der Waals surface area contributed by atoms with E-state index in [1.165, 1.54) is 4.90 Å². The Morgan fingerprint density at radius 1 is 0.969 bits per heavy atom. The van der Waals surface area contributed by atoms with Gasteiger partial charge in [0.2, 0.25) is 5.91 Å². The summed E-state index contributed by atoms with van der Waals surface area (Å²) in [6.07, 6.45) is 0.839. The SMILES string of the molecule is CC(C)(C)[C@]1(Cc2ccccc2)NC2(CCN(C(=O)O)CC2)N(Cc2ccccc2)C1=O. The van der Waals surface area contributed by atoms with E-state index in [1.54, 1.807) is 0 Å². The zero-order valence-corrected chi connectivity index (χ0v) is 19.2. The average Bonchev–Trinajstić information content (AvgIpc) is 2.98. The molecule has 2 N–H and O–H groups in total. The number of carbonyl (C=O) groups is 2. The first-order valence-electron chi connectivity index (χ1n) is 11.3. The van der Waals surface area contributed by atoms with E-state index >= 15 is 0 Å². The van der Waals surface area contributed by atoms with Crippen molar-refractivity contribution < 1.29 is 14.7 Å². The maximum absolute atomic E-state index is 14.3. The fourth-order valence-electron chi connectivity index (χ4n) is 5.19. The molecular formula is C26H33N3O3. The number of nitrogens with zero attached hydrogens (tertiary/aromatic N) is 2. The van der Waals surface area contributed by atoms with Gasteiger partial charge in [-0.15, -0.1) is 0 Å². The minimum atomic E-state index is -0.898. The number of amides is 2. The lowest BCUT2D eigenvalue weighted by Gasteiger charge is -2.45. The van der Waals surface area contributed by atoms with E-state index in [9.17, 15) is 14.7 Å². The molecule has 2 amide bonds. The number of benzene rings is 2. The van der Waals surface area contributed by atoms with Crippen LogP contribution < -0.4 is 5.32 Å². The van der Waals surface area contributed by atoms with Crippen LogP contribution in [0.5, 0.6) is 0 Å². The number of carboxylic acid groups (broad SMARTS) is 1. The van der Waals surface area contributed by atoms with E-state index in [4.69, 9.17) is 0 Å². The monoisotopic (exact) mass is 435 g/mol. The molecule has 2 saturated heterocycles. The molecule has 4 rings (SSSR count). The highest BCUT2D eigenvalue weighted by Crippen LogP contribution is 2.46. The first kappa shape index (κ1) is 22.3. The Kier molecular flexibility index (Phi) is 5.76.